The van der Waals surface area contributed by atoms with Gasteiger partial charge in [-0.05, 0) is 54.9 Å². The van der Waals surface area contributed by atoms with Gasteiger partial charge in [0.1, 0.15) is 0 Å². The van der Waals surface area contributed by atoms with E-state index in [1.165, 1.54) is 22.9 Å². The summed E-state index contributed by atoms with van der Waals surface area (Å²) in [4.78, 5) is 24.3. The molecule has 1 amide bonds. The van der Waals surface area contributed by atoms with Gasteiger partial charge in [-0.25, -0.2) is 18.3 Å². The third-order valence-electron chi connectivity index (χ3n) is 4.69. The second-order valence-corrected chi connectivity index (χ2v) is 7.77. The van der Waals surface area contributed by atoms with Crippen molar-refractivity contribution in [3.63, 3.8) is 0 Å². The molecule has 0 fully saturated rings. The Balaban J connectivity index is 1.64. The Morgan fingerprint density at radius 1 is 1.09 bits per heavy atom. The van der Waals surface area contributed by atoms with Crippen molar-refractivity contribution >= 4 is 11.8 Å². The van der Waals surface area contributed by atoms with Crippen LogP contribution in [0.1, 0.15) is 25.8 Å². The molecular weight excluding hydrogens is 430 g/mol. The lowest BCUT2D eigenvalue weighted by molar-refractivity contribution is 0.160. The van der Waals surface area contributed by atoms with Gasteiger partial charge in [-0.15, -0.1) is 0 Å². The summed E-state index contributed by atoms with van der Waals surface area (Å²) in [5, 5.41) is 10.2. The average molecular weight is 456 g/mol. The number of hydrogen-bond acceptors (Lipinski definition) is 5. The van der Waals surface area contributed by atoms with Gasteiger partial charge in [0.05, 0.1) is 18.8 Å². The molecule has 0 atom stereocenters. The van der Waals surface area contributed by atoms with Gasteiger partial charge in [0, 0.05) is 23.4 Å². The summed E-state index contributed by atoms with van der Waals surface area (Å²) >= 11 is 0. The first-order valence-electron chi connectivity index (χ1n) is 10.6. The Morgan fingerprint density at radius 2 is 1.91 bits per heavy atom. The Morgan fingerprint density at radius 3 is 2.67 bits per heavy atom. The number of ether oxygens (including phenoxy) is 1. The molecule has 9 heteroatoms. The van der Waals surface area contributed by atoms with Crippen molar-refractivity contribution in [1.29, 1.82) is 0 Å². The molecule has 174 valence electrons. The van der Waals surface area contributed by atoms with Crippen molar-refractivity contribution in [3.8, 4) is 11.3 Å². The smallest absolute Gasteiger partial charge is 0.411 e. The first kappa shape index (κ1) is 24.1. The van der Waals surface area contributed by atoms with Crippen LogP contribution >= 0.6 is 0 Å². The van der Waals surface area contributed by atoms with Gasteiger partial charge in [-0.2, -0.15) is 5.10 Å². The minimum Gasteiger partial charge on any atom is -0.449 e. The Labute approximate surface area is 190 Å². The molecule has 0 saturated carbocycles. The largest absolute Gasteiger partial charge is 0.449 e. The highest BCUT2D eigenvalue weighted by atomic mass is 19.2. The number of nitrogens with zero attached hydrogens (tertiary/aromatic N) is 2. The third kappa shape index (κ3) is 7.21. The van der Waals surface area contributed by atoms with Crippen LogP contribution in [0.25, 0.3) is 11.3 Å². The van der Waals surface area contributed by atoms with Crippen LogP contribution in [0.2, 0.25) is 0 Å². The van der Waals surface area contributed by atoms with E-state index in [4.69, 9.17) is 4.74 Å². The molecular formula is C24H26F2N4O3. The highest BCUT2D eigenvalue weighted by Crippen LogP contribution is 2.19. The predicted molar refractivity (Wildman–Crippen MR) is 122 cm³/mol. The standard InChI is InChI=1S/C24H26F2N4O3/c1-16(2)27-11-4-12-33-24(32)28-19-6-3-5-17(13-19)15-30-23(31)10-9-22(29-30)18-7-8-20(25)21(26)14-18/h3,5-10,13-14,16,27H,4,11-12,15H2,1-2H3,(H,28,32). The molecule has 1 aromatic heterocycles. The third-order valence-corrected chi connectivity index (χ3v) is 4.69. The number of anilines is 1. The predicted octanol–water partition coefficient (Wildman–Crippen LogP) is 4.17. The molecule has 0 radical (unpaired) electrons. The molecule has 3 rings (SSSR count). The van der Waals surface area contributed by atoms with E-state index >= 15 is 0 Å². The van der Waals surface area contributed by atoms with E-state index in [1.54, 1.807) is 24.3 Å². The van der Waals surface area contributed by atoms with Gasteiger partial charge in [0.15, 0.2) is 11.6 Å². The molecule has 0 saturated heterocycles. The minimum absolute atomic E-state index is 0.127. The number of nitrogens with one attached hydrogen (secondary N) is 2. The van der Waals surface area contributed by atoms with Gasteiger partial charge in [0.2, 0.25) is 0 Å². The molecule has 7 nitrogen and oxygen atoms in total. The zero-order valence-corrected chi connectivity index (χ0v) is 18.5. The molecule has 0 spiro atoms. The maximum absolute atomic E-state index is 13.6. The fourth-order valence-electron chi connectivity index (χ4n) is 3.07. The second-order valence-electron chi connectivity index (χ2n) is 7.77. The van der Waals surface area contributed by atoms with Gasteiger partial charge >= 0.3 is 6.09 Å². The van der Waals surface area contributed by atoms with E-state index < -0.39 is 17.7 Å². The number of amides is 1. The summed E-state index contributed by atoms with van der Waals surface area (Å²) < 4.78 is 33.2. The van der Waals surface area contributed by atoms with Crippen molar-refractivity contribution in [2.75, 3.05) is 18.5 Å². The molecule has 2 N–H and O–H groups in total. The Hall–Kier alpha value is -3.59. The number of hydrogen-bond donors (Lipinski definition) is 2. The van der Waals surface area contributed by atoms with E-state index in [0.29, 0.717) is 41.6 Å². The number of benzene rings is 2. The van der Waals surface area contributed by atoms with Gasteiger partial charge < -0.3 is 10.1 Å². The Kier molecular flexibility index (Phi) is 8.26. The molecule has 0 bridgehead atoms. The van der Waals surface area contributed by atoms with E-state index in [1.807, 2.05) is 13.8 Å². The minimum atomic E-state index is -0.992. The summed E-state index contributed by atoms with van der Waals surface area (Å²) in [5.41, 5.74) is 1.56. The van der Waals surface area contributed by atoms with Crippen molar-refractivity contribution in [3.05, 3.63) is 82.1 Å². The first-order valence-corrected chi connectivity index (χ1v) is 10.6. The van der Waals surface area contributed by atoms with E-state index in [2.05, 4.69) is 15.7 Å². The van der Waals surface area contributed by atoms with Crippen LogP contribution in [0.4, 0.5) is 19.3 Å². The fourth-order valence-corrected chi connectivity index (χ4v) is 3.07. The maximum Gasteiger partial charge on any atom is 0.411 e. The van der Waals surface area contributed by atoms with Gasteiger partial charge in [0.25, 0.3) is 5.56 Å². The summed E-state index contributed by atoms with van der Waals surface area (Å²) in [6.07, 6.45) is 0.140. The van der Waals surface area contributed by atoms with E-state index in [9.17, 15) is 18.4 Å². The topological polar surface area (TPSA) is 85.2 Å². The summed E-state index contributed by atoms with van der Waals surface area (Å²) in [5.74, 6) is -1.95. The first-order chi connectivity index (χ1) is 15.8. The number of rotatable bonds is 9. The maximum atomic E-state index is 13.6. The molecule has 3 aromatic rings. The lowest BCUT2D eigenvalue weighted by Gasteiger charge is -2.11. The van der Waals surface area contributed by atoms with Crippen molar-refractivity contribution in [2.45, 2.75) is 32.9 Å². The molecule has 0 aliphatic rings. The summed E-state index contributed by atoms with van der Waals surface area (Å²) in [6, 6.07) is 13.5. The van der Waals surface area contributed by atoms with Gasteiger partial charge in [-0.3, -0.25) is 10.1 Å². The zero-order valence-electron chi connectivity index (χ0n) is 18.5. The van der Waals surface area contributed by atoms with Crippen LogP contribution in [-0.4, -0.2) is 35.1 Å². The zero-order chi connectivity index (χ0) is 23.8. The molecule has 0 aliphatic carbocycles. The van der Waals surface area contributed by atoms with Crippen molar-refractivity contribution in [2.24, 2.45) is 0 Å². The molecule has 33 heavy (non-hydrogen) atoms. The lowest BCUT2D eigenvalue weighted by Crippen LogP contribution is -2.25. The quantitative estimate of drug-likeness (QED) is 0.472. The molecule has 0 unspecified atom stereocenters. The van der Waals surface area contributed by atoms with E-state index in [0.717, 1.165) is 18.7 Å². The highest BCUT2D eigenvalue weighted by molar-refractivity contribution is 5.84. The normalized spacial score (nSPS) is 10.9. The van der Waals surface area contributed by atoms with Crippen LogP contribution in [0.3, 0.4) is 0 Å². The van der Waals surface area contributed by atoms with Crippen LogP contribution < -0.4 is 16.2 Å². The monoisotopic (exact) mass is 456 g/mol. The van der Waals surface area contributed by atoms with Gasteiger partial charge in [-0.1, -0.05) is 26.0 Å². The fraction of sp³-hybridized carbons (Fsp3) is 0.292. The average Bonchev–Trinajstić information content (AvgIpc) is 2.77. The number of carbonyl (C=O) groups is 1. The van der Waals surface area contributed by atoms with Crippen LogP contribution in [-0.2, 0) is 11.3 Å². The summed E-state index contributed by atoms with van der Waals surface area (Å²) in [6.45, 7) is 5.26. The van der Waals surface area contributed by atoms with Crippen LogP contribution in [0, 0.1) is 11.6 Å². The van der Waals surface area contributed by atoms with Crippen molar-refractivity contribution < 1.29 is 18.3 Å². The number of carbonyl (C=O) groups excluding carboxylic acids is 1. The number of aromatic nitrogens is 2. The van der Waals surface area contributed by atoms with Crippen LogP contribution in [0.5, 0.6) is 0 Å². The molecule has 0 aliphatic heterocycles. The highest BCUT2D eigenvalue weighted by Gasteiger charge is 2.09. The van der Waals surface area contributed by atoms with E-state index in [-0.39, 0.29) is 12.1 Å². The Bertz CT molecular complexity index is 1160. The lowest BCUT2D eigenvalue weighted by atomic mass is 10.1. The summed E-state index contributed by atoms with van der Waals surface area (Å²) in [7, 11) is 0. The SMILES string of the molecule is CC(C)NCCCOC(=O)Nc1cccc(Cn2nc(-c3ccc(F)c(F)c3)ccc2=O)c1. The molecule has 1 heterocycles. The molecule has 2 aromatic carbocycles. The van der Waals surface area contributed by atoms with Crippen molar-refractivity contribution in [1.82, 2.24) is 15.1 Å². The second kappa shape index (κ2) is 11.3. The number of halogens is 2. The van der Waals surface area contributed by atoms with Crippen LogP contribution in [0.15, 0.2) is 59.4 Å².